The molecule has 1 aromatic carbocycles. The highest BCUT2D eigenvalue weighted by Gasteiger charge is 2.31. The Hall–Kier alpha value is -1.13. The monoisotopic (exact) mass is 256 g/mol. The van der Waals surface area contributed by atoms with Gasteiger partial charge in [0.1, 0.15) is 0 Å². The van der Waals surface area contributed by atoms with Crippen LogP contribution in [0.1, 0.15) is 23.2 Å². The standard InChI is InChI=1S/C12H14ClFN2O/c13-9-3-1-2-8(11(9)14)12(17)16-10(6-15)7-4-5-7/h1-3,7,10H,4-6,15H2,(H,16,17). The molecule has 92 valence electrons. The Balaban J connectivity index is 2.11. The van der Waals surface area contributed by atoms with Gasteiger partial charge in [-0.1, -0.05) is 17.7 Å². The summed E-state index contributed by atoms with van der Waals surface area (Å²) in [7, 11) is 0. The van der Waals surface area contributed by atoms with Gasteiger partial charge in [0.05, 0.1) is 10.6 Å². The molecular formula is C12H14ClFN2O. The van der Waals surface area contributed by atoms with E-state index in [1.165, 1.54) is 12.1 Å². The number of hydrogen-bond acceptors (Lipinski definition) is 2. The summed E-state index contributed by atoms with van der Waals surface area (Å²) in [4.78, 5) is 11.9. The van der Waals surface area contributed by atoms with Crippen LogP contribution in [0.25, 0.3) is 0 Å². The van der Waals surface area contributed by atoms with E-state index in [0.29, 0.717) is 12.5 Å². The third-order valence-corrected chi connectivity index (χ3v) is 3.25. The van der Waals surface area contributed by atoms with Gasteiger partial charge in [-0.15, -0.1) is 0 Å². The van der Waals surface area contributed by atoms with Crippen molar-refractivity contribution in [2.75, 3.05) is 6.54 Å². The first-order valence-corrected chi connectivity index (χ1v) is 5.96. The summed E-state index contributed by atoms with van der Waals surface area (Å²) < 4.78 is 13.6. The van der Waals surface area contributed by atoms with Crippen molar-refractivity contribution in [1.29, 1.82) is 0 Å². The summed E-state index contributed by atoms with van der Waals surface area (Å²) in [5, 5.41) is 2.70. The lowest BCUT2D eigenvalue weighted by molar-refractivity contribution is 0.0929. The maximum atomic E-state index is 13.6. The molecule has 0 saturated heterocycles. The molecule has 1 aliphatic carbocycles. The Kier molecular flexibility index (Phi) is 3.64. The maximum Gasteiger partial charge on any atom is 0.254 e. The van der Waals surface area contributed by atoms with Crippen molar-refractivity contribution in [1.82, 2.24) is 5.32 Å². The predicted octanol–water partition coefficient (Wildman–Crippen LogP) is 1.95. The van der Waals surface area contributed by atoms with Crippen molar-refractivity contribution in [3.63, 3.8) is 0 Å². The van der Waals surface area contributed by atoms with Crippen LogP contribution >= 0.6 is 11.6 Å². The summed E-state index contributed by atoms with van der Waals surface area (Å²) in [6, 6.07) is 4.31. The van der Waals surface area contributed by atoms with Crippen LogP contribution in [0.5, 0.6) is 0 Å². The summed E-state index contributed by atoms with van der Waals surface area (Å²) >= 11 is 5.62. The van der Waals surface area contributed by atoms with Crippen LogP contribution in [-0.2, 0) is 0 Å². The van der Waals surface area contributed by atoms with E-state index < -0.39 is 11.7 Å². The van der Waals surface area contributed by atoms with Gasteiger partial charge < -0.3 is 11.1 Å². The van der Waals surface area contributed by atoms with Gasteiger partial charge in [-0.3, -0.25) is 4.79 Å². The van der Waals surface area contributed by atoms with Gasteiger partial charge in [-0.05, 0) is 30.9 Å². The summed E-state index contributed by atoms with van der Waals surface area (Å²) in [5.74, 6) is -0.697. The number of rotatable bonds is 4. The fourth-order valence-electron chi connectivity index (χ4n) is 1.79. The van der Waals surface area contributed by atoms with Crippen molar-refractivity contribution in [2.24, 2.45) is 11.7 Å². The topological polar surface area (TPSA) is 55.1 Å². The molecule has 0 heterocycles. The fraction of sp³-hybridized carbons (Fsp3) is 0.417. The van der Waals surface area contributed by atoms with E-state index in [4.69, 9.17) is 17.3 Å². The number of benzene rings is 1. The Morgan fingerprint density at radius 3 is 2.88 bits per heavy atom. The second kappa shape index (κ2) is 5.02. The lowest BCUT2D eigenvalue weighted by atomic mass is 10.1. The summed E-state index contributed by atoms with van der Waals surface area (Å²) in [6.07, 6.45) is 2.14. The fourth-order valence-corrected chi connectivity index (χ4v) is 1.97. The normalized spacial score (nSPS) is 16.6. The van der Waals surface area contributed by atoms with Crippen LogP contribution in [0.2, 0.25) is 5.02 Å². The van der Waals surface area contributed by atoms with E-state index in [1.54, 1.807) is 6.07 Å². The van der Waals surface area contributed by atoms with E-state index in [0.717, 1.165) is 12.8 Å². The predicted molar refractivity (Wildman–Crippen MR) is 64.4 cm³/mol. The zero-order chi connectivity index (χ0) is 12.4. The van der Waals surface area contributed by atoms with Crippen molar-refractivity contribution < 1.29 is 9.18 Å². The highest BCUT2D eigenvalue weighted by atomic mass is 35.5. The molecule has 5 heteroatoms. The van der Waals surface area contributed by atoms with Crippen molar-refractivity contribution >= 4 is 17.5 Å². The average Bonchev–Trinajstić information content (AvgIpc) is 3.13. The Bertz CT molecular complexity index is 435. The molecule has 1 aromatic rings. The molecule has 1 fully saturated rings. The van der Waals surface area contributed by atoms with Crippen LogP contribution in [0.4, 0.5) is 4.39 Å². The minimum atomic E-state index is -0.682. The van der Waals surface area contributed by atoms with Gasteiger partial charge >= 0.3 is 0 Å². The summed E-state index contributed by atoms with van der Waals surface area (Å²) in [5.41, 5.74) is 5.54. The second-order valence-electron chi connectivity index (χ2n) is 4.25. The molecule has 17 heavy (non-hydrogen) atoms. The van der Waals surface area contributed by atoms with E-state index in [9.17, 15) is 9.18 Å². The second-order valence-corrected chi connectivity index (χ2v) is 4.66. The molecule has 0 aliphatic heterocycles. The highest BCUT2D eigenvalue weighted by Crippen LogP contribution is 2.32. The van der Waals surface area contributed by atoms with Gasteiger partial charge in [-0.25, -0.2) is 4.39 Å². The smallest absolute Gasteiger partial charge is 0.254 e. The van der Waals surface area contributed by atoms with Gasteiger partial charge in [0.2, 0.25) is 0 Å². The van der Waals surface area contributed by atoms with E-state index in [-0.39, 0.29) is 16.6 Å². The highest BCUT2D eigenvalue weighted by molar-refractivity contribution is 6.31. The maximum absolute atomic E-state index is 13.6. The van der Waals surface area contributed by atoms with Crippen molar-refractivity contribution in [2.45, 2.75) is 18.9 Å². The molecule has 1 saturated carbocycles. The molecule has 3 nitrogen and oxygen atoms in total. The number of halogens is 2. The largest absolute Gasteiger partial charge is 0.348 e. The molecule has 0 spiro atoms. The third-order valence-electron chi connectivity index (χ3n) is 2.96. The zero-order valence-corrected chi connectivity index (χ0v) is 10.0. The molecule has 3 N–H and O–H groups in total. The Morgan fingerprint density at radius 1 is 1.59 bits per heavy atom. The lowest BCUT2D eigenvalue weighted by Crippen LogP contribution is -2.42. The van der Waals surface area contributed by atoms with Crippen LogP contribution in [0.15, 0.2) is 18.2 Å². The minimum absolute atomic E-state index is 0.0309. The lowest BCUT2D eigenvalue weighted by Gasteiger charge is -2.16. The number of carbonyl (C=O) groups is 1. The first kappa shape index (κ1) is 12.3. The minimum Gasteiger partial charge on any atom is -0.348 e. The number of hydrogen-bond donors (Lipinski definition) is 2. The molecule has 0 radical (unpaired) electrons. The van der Waals surface area contributed by atoms with Gasteiger partial charge in [0, 0.05) is 12.6 Å². The third kappa shape index (κ3) is 2.76. The van der Waals surface area contributed by atoms with Crippen LogP contribution in [0, 0.1) is 11.7 Å². The van der Waals surface area contributed by atoms with Crippen LogP contribution < -0.4 is 11.1 Å². The molecule has 1 amide bonds. The van der Waals surface area contributed by atoms with Crippen molar-refractivity contribution in [3.05, 3.63) is 34.6 Å². The summed E-state index contributed by atoms with van der Waals surface area (Å²) in [6.45, 7) is 0.374. The van der Waals surface area contributed by atoms with Crippen LogP contribution in [-0.4, -0.2) is 18.5 Å². The first-order chi connectivity index (χ1) is 8.13. The molecule has 1 unspecified atom stereocenters. The zero-order valence-electron chi connectivity index (χ0n) is 9.25. The van der Waals surface area contributed by atoms with Crippen molar-refractivity contribution in [3.8, 4) is 0 Å². The average molecular weight is 257 g/mol. The molecule has 1 atom stereocenters. The van der Waals surface area contributed by atoms with Gasteiger partial charge in [0.15, 0.2) is 5.82 Å². The SMILES string of the molecule is NCC(NC(=O)c1cccc(Cl)c1F)C1CC1. The molecule has 1 aliphatic rings. The Labute approximate surface area is 104 Å². The van der Waals surface area contributed by atoms with Crippen LogP contribution in [0.3, 0.4) is 0 Å². The Morgan fingerprint density at radius 2 is 2.29 bits per heavy atom. The van der Waals surface area contributed by atoms with Gasteiger partial charge in [0.25, 0.3) is 5.91 Å². The first-order valence-electron chi connectivity index (χ1n) is 5.58. The van der Waals surface area contributed by atoms with E-state index >= 15 is 0 Å². The van der Waals surface area contributed by atoms with Gasteiger partial charge in [-0.2, -0.15) is 0 Å². The quantitative estimate of drug-likeness (QED) is 0.865. The molecule has 0 bridgehead atoms. The number of amides is 1. The van der Waals surface area contributed by atoms with E-state index in [1.807, 2.05) is 0 Å². The molecule has 0 aromatic heterocycles. The number of nitrogens with two attached hydrogens (primary N) is 1. The molecular weight excluding hydrogens is 243 g/mol. The van der Waals surface area contributed by atoms with E-state index in [2.05, 4.69) is 5.32 Å². The molecule has 2 rings (SSSR count). The number of nitrogens with one attached hydrogen (secondary N) is 1. The number of carbonyl (C=O) groups excluding carboxylic acids is 1.